The van der Waals surface area contributed by atoms with Gasteiger partial charge in [-0.05, 0) is 127 Å². The minimum Gasteiger partial charge on any atom is -0.311 e. The van der Waals surface area contributed by atoms with Crippen molar-refractivity contribution < 1.29 is 0 Å². The molecule has 0 atom stereocenters. The highest BCUT2D eigenvalue weighted by molar-refractivity contribution is 7.00. The first-order valence-corrected chi connectivity index (χ1v) is 18.1. The van der Waals surface area contributed by atoms with Crippen LogP contribution in [0.15, 0.2) is 182 Å². The first kappa shape index (κ1) is 33.8. The number of hydrogen-bond acceptors (Lipinski definition) is 3. The predicted octanol–water partition coefficient (Wildman–Crippen LogP) is 10.3. The Balaban J connectivity index is 0.000000468. The van der Waals surface area contributed by atoms with E-state index < -0.39 is 0 Å². The molecule has 0 spiro atoms. The van der Waals surface area contributed by atoms with Crippen molar-refractivity contribution in [3.8, 4) is 35.5 Å². The first-order valence-electron chi connectivity index (χ1n) is 18.1. The van der Waals surface area contributed by atoms with Crippen molar-refractivity contribution in [1.82, 2.24) is 0 Å². The summed E-state index contributed by atoms with van der Waals surface area (Å²) in [4.78, 5) is 7.29. The maximum absolute atomic E-state index is 2.64. The third-order valence-electron chi connectivity index (χ3n) is 9.62. The number of hydrogen-bond donors (Lipinski definition) is 0. The summed E-state index contributed by atoms with van der Waals surface area (Å²) in [5.74, 6) is 15.5. The highest BCUT2D eigenvalue weighted by Gasteiger charge is 2.43. The second kappa shape index (κ2) is 15.5. The van der Waals surface area contributed by atoms with Crippen LogP contribution in [0.3, 0.4) is 0 Å². The summed E-state index contributed by atoms with van der Waals surface area (Å²) < 4.78 is 0. The Labute approximate surface area is 319 Å². The molecule has 7 aromatic rings. The van der Waals surface area contributed by atoms with Crippen molar-refractivity contribution in [2.75, 3.05) is 14.7 Å². The molecule has 0 bridgehead atoms. The fourth-order valence-electron chi connectivity index (χ4n) is 7.51. The van der Waals surface area contributed by atoms with Crippen molar-refractivity contribution in [2.45, 2.75) is 13.8 Å². The second-order valence-electron chi connectivity index (χ2n) is 12.8. The number of benzene rings is 7. The van der Waals surface area contributed by atoms with Gasteiger partial charge in [0.25, 0.3) is 6.71 Å². The summed E-state index contributed by atoms with van der Waals surface area (Å²) in [6.07, 6.45) is 0. The molecule has 0 saturated heterocycles. The van der Waals surface area contributed by atoms with E-state index in [4.69, 9.17) is 0 Å². The molecule has 3 nitrogen and oxygen atoms in total. The van der Waals surface area contributed by atoms with Gasteiger partial charge < -0.3 is 14.7 Å². The molecular weight excluding hydrogens is 653 g/mol. The molecule has 2 heterocycles. The molecule has 0 aliphatic carbocycles. The Morgan fingerprint density at radius 2 is 0.759 bits per heavy atom. The zero-order valence-electron chi connectivity index (χ0n) is 30.2. The summed E-state index contributed by atoms with van der Waals surface area (Å²) in [5.41, 5.74) is 14.4. The zero-order chi connectivity index (χ0) is 36.7. The lowest BCUT2D eigenvalue weighted by Gasteiger charge is -2.45. The number of nitrogens with zero attached hydrogens (tertiary/aromatic N) is 3. The number of anilines is 9. The van der Waals surface area contributed by atoms with Crippen LogP contribution >= 0.6 is 0 Å². The minimum atomic E-state index is 0.0910. The van der Waals surface area contributed by atoms with Gasteiger partial charge in [0.15, 0.2) is 0 Å². The predicted molar refractivity (Wildman–Crippen MR) is 230 cm³/mol. The van der Waals surface area contributed by atoms with E-state index in [1.165, 1.54) is 39.1 Å². The number of fused-ring (bicyclic) bond motifs is 4. The van der Waals surface area contributed by atoms with E-state index in [0.29, 0.717) is 0 Å². The van der Waals surface area contributed by atoms with Crippen molar-refractivity contribution in [2.24, 2.45) is 0 Å². The molecule has 2 aliphatic rings. The second-order valence-corrected chi connectivity index (χ2v) is 12.8. The van der Waals surface area contributed by atoms with Crippen LogP contribution in [-0.2, 0) is 0 Å². The molecule has 254 valence electrons. The Hall–Kier alpha value is -7.32. The third-order valence-corrected chi connectivity index (χ3v) is 9.62. The first-order chi connectivity index (χ1) is 26.8. The molecular formula is C50H36BN3. The lowest BCUT2D eigenvalue weighted by atomic mass is 9.33. The van der Waals surface area contributed by atoms with E-state index in [1.54, 1.807) is 13.8 Å². The Kier molecular flexibility index (Phi) is 9.71. The highest BCUT2D eigenvalue weighted by Crippen LogP contribution is 2.47. The molecule has 0 unspecified atom stereocenters. The Bertz CT molecular complexity index is 2430. The lowest BCUT2D eigenvalue weighted by molar-refractivity contribution is 1.23. The summed E-state index contributed by atoms with van der Waals surface area (Å²) in [5, 5.41) is 0. The van der Waals surface area contributed by atoms with Crippen LogP contribution in [0.2, 0.25) is 0 Å². The van der Waals surface area contributed by atoms with Crippen LogP contribution in [-0.4, -0.2) is 6.71 Å². The normalized spacial score (nSPS) is 11.3. The number of rotatable bonds is 5. The molecule has 0 fully saturated rings. The molecule has 0 N–H and O–H groups in total. The van der Waals surface area contributed by atoms with Crippen LogP contribution < -0.4 is 31.1 Å². The van der Waals surface area contributed by atoms with Gasteiger partial charge in [-0.3, -0.25) is 0 Å². The Morgan fingerprint density at radius 1 is 0.389 bits per heavy atom. The smallest absolute Gasteiger partial charge is 0.252 e. The summed E-state index contributed by atoms with van der Waals surface area (Å²) in [6.45, 7) is 3.58. The van der Waals surface area contributed by atoms with E-state index in [0.717, 1.165) is 28.4 Å². The summed E-state index contributed by atoms with van der Waals surface area (Å²) in [6, 6.07) is 65.6. The van der Waals surface area contributed by atoms with E-state index in [1.807, 2.05) is 0 Å². The largest absolute Gasteiger partial charge is 0.311 e. The molecule has 0 amide bonds. The van der Waals surface area contributed by atoms with Gasteiger partial charge in [-0.25, -0.2) is 0 Å². The average molecular weight is 690 g/mol. The quantitative estimate of drug-likeness (QED) is 0.132. The van der Waals surface area contributed by atoms with Gasteiger partial charge in [0.05, 0.1) is 5.69 Å². The fraction of sp³-hybridized carbons (Fsp3) is 0.0400. The maximum atomic E-state index is 2.64. The van der Waals surface area contributed by atoms with Gasteiger partial charge in [0.2, 0.25) is 0 Å². The van der Waals surface area contributed by atoms with E-state index in [9.17, 15) is 0 Å². The average Bonchev–Trinajstić information content (AvgIpc) is 3.24. The molecule has 9 rings (SSSR count). The standard InChI is InChI=1S/C42H30BN3.C8H6/c1-5-17-31(18-6-1)44(32-19-7-2-8-20-32)35-29-40-42-41(30-35)46(34-23-11-4-12-24-34)39-28-16-14-26-37(39)43(42)36-25-13-15-27-38(36)45(40)33-21-9-3-10-22-33;1-3-5-7-8-6-4-2/h1-30H;1-2H3. The van der Waals surface area contributed by atoms with Crippen LogP contribution in [0.25, 0.3) is 0 Å². The monoisotopic (exact) mass is 689 g/mol. The van der Waals surface area contributed by atoms with Crippen LogP contribution in [0.5, 0.6) is 0 Å². The SMILES string of the molecule is CC#CC#CC#CC.c1ccc(N(c2ccccc2)c2cc3c4c(c2)N(c2ccccc2)c2ccccc2B4c2ccccc2N3c2ccccc2)cc1. The summed E-state index contributed by atoms with van der Waals surface area (Å²) >= 11 is 0. The van der Waals surface area contributed by atoms with Crippen LogP contribution in [0.4, 0.5) is 51.2 Å². The molecule has 2 aliphatic heterocycles. The molecule has 0 aromatic heterocycles. The molecule has 0 saturated carbocycles. The highest BCUT2D eigenvalue weighted by atomic mass is 15.2. The minimum absolute atomic E-state index is 0.0910. The van der Waals surface area contributed by atoms with Crippen LogP contribution in [0.1, 0.15) is 13.8 Å². The molecule has 7 aromatic carbocycles. The van der Waals surface area contributed by atoms with Gasteiger partial charge in [-0.15, -0.1) is 0 Å². The van der Waals surface area contributed by atoms with Gasteiger partial charge in [-0.2, -0.15) is 0 Å². The fourth-order valence-corrected chi connectivity index (χ4v) is 7.51. The van der Waals surface area contributed by atoms with E-state index in [2.05, 4.69) is 232 Å². The van der Waals surface area contributed by atoms with Gasteiger partial charge in [-0.1, -0.05) is 121 Å². The molecule has 54 heavy (non-hydrogen) atoms. The van der Waals surface area contributed by atoms with Crippen molar-refractivity contribution in [1.29, 1.82) is 0 Å². The zero-order valence-corrected chi connectivity index (χ0v) is 30.2. The van der Waals surface area contributed by atoms with Gasteiger partial charge in [0.1, 0.15) is 0 Å². The third kappa shape index (κ3) is 6.37. The molecule has 4 heteroatoms. The van der Waals surface area contributed by atoms with Crippen LogP contribution in [0, 0.1) is 35.5 Å². The van der Waals surface area contributed by atoms with E-state index in [-0.39, 0.29) is 6.71 Å². The Morgan fingerprint density at radius 3 is 1.17 bits per heavy atom. The van der Waals surface area contributed by atoms with Crippen molar-refractivity contribution in [3.05, 3.63) is 182 Å². The maximum Gasteiger partial charge on any atom is 0.252 e. The van der Waals surface area contributed by atoms with Gasteiger partial charge in [0, 0.05) is 45.5 Å². The summed E-state index contributed by atoms with van der Waals surface area (Å²) in [7, 11) is 0. The van der Waals surface area contributed by atoms with Crippen molar-refractivity contribution >= 4 is 74.3 Å². The topological polar surface area (TPSA) is 9.72 Å². The molecule has 0 radical (unpaired) electrons. The lowest BCUT2D eigenvalue weighted by Crippen LogP contribution is -2.61. The van der Waals surface area contributed by atoms with Crippen molar-refractivity contribution in [3.63, 3.8) is 0 Å². The van der Waals surface area contributed by atoms with E-state index >= 15 is 0 Å². The number of para-hydroxylation sites is 6. The van der Waals surface area contributed by atoms with Gasteiger partial charge >= 0.3 is 0 Å².